The minimum absolute atomic E-state index is 0.0541. The summed E-state index contributed by atoms with van der Waals surface area (Å²) in [7, 11) is 0. The number of carbonyl (C=O) groups is 1. The van der Waals surface area contributed by atoms with Crippen LogP contribution in [0.3, 0.4) is 0 Å². The van der Waals surface area contributed by atoms with Crippen molar-refractivity contribution in [3.05, 3.63) is 35.9 Å². The molecule has 4 nitrogen and oxygen atoms in total. The Morgan fingerprint density at radius 3 is 2.89 bits per heavy atom. The number of nitrogens with zero attached hydrogens (tertiary/aromatic N) is 1. The number of likely N-dealkylation sites (tertiary alicyclic amines) is 1. The van der Waals surface area contributed by atoms with Crippen molar-refractivity contribution in [3.63, 3.8) is 0 Å². The van der Waals surface area contributed by atoms with Gasteiger partial charge in [-0.25, -0.2) is 0 Å². The molecule has 2 rings (SSSR count). The van der Waals surface area contributed by atoms with Crippen LogP contribution in [0, 0.1) is 0 Å². The van der Waals surface area contributed by atoms with Crippen molar-refractivity contribution in [1.82, 2.24) is 10.2 Å². The lowest BCUT2D eigenvalue weighted by atomic mass is 10.2. The summed E-state index contributed by atoms with van der Waals surface area (Å²) in [6.45, 7) is 3.97. The maximum absolute atomic E-state index is 11.6. The monoisotopic (exact) mass is 259 g/mol. The van der Waals surface area contributed by atoms with E-state index in [4.69, 9.17) is 5.73 Å². The van der Waals surface area contributed by atoms with Crippen molar-refractivity contribution >= 4 is 17.7 Å². The van der Waals surface area contributed by atoms with Gasteiger partial charge in [0, 0.05) is 24.9 Å². The highest BCUT2D eigenvalue weighted by atomic mass is 16.1. The second-order valence-electron chi connectivity index (χ2n) is 4.84. The fourth-order valence-corrected chi connectivity index (χ4v) is 2.24. The summed E-state index contributed by atoms with van der Waals surface area (Å²) in [6.07, 6.45) is 5.90. The van der Waals surface area contributed by atoms with Crippen LogP contribution in [0.1, 0.15) is 18.4 Å². The molecule has 1 aromatic rings. The van der Waals surface area contributed by atoms with Crippen LogP contribution < -0.4 is 11.1 Å². The third kappa shape index (κ3) is 4.75. The van der Waals surface area contributed by atoms with Crippen LogP contribution in [0.15, 0.2) is 30.3 Å². The van der Waals surface area contributed by atoms with Gasteiger partial charge in [-0.05, 0) is 49.7 Å². The summed E-state index contributed by atoms with van der Waals surface area (Å²) >= 11 is 0. The fourth-order valence-electron chi connectivity index (χ4n) is 2.24. The second kappa shape index (κ2) is 6.95. The van der Waals surface area contributed by atoms with Crippen LogP contribution in [-0.2, 0) is 4.79 Å². The third-order valence-electron chi connectivity index (χ3n) is 3.26. The molecule has 0 unspecified atom stereocenters. The molecule has 1 aliphatic rings. The molecule has 0 atom stereocenters. The number of hydrogen-bond acceptors (Lipinski definition) is 3. The molecule has 1 amide bonds. The predicted molar refractivity (Wildman–Crippen MR) is 78.6 cm³/mol. The van der Waals surface area contributed by atoms with Crippen molar-refractivity contribution in [1.29, 1.82) is 0 Å². The Kier molecular flexibility index (Phi) is 4.98. The number of nitrogens with one attached hydrogen (secondary N) is 1. The maximum atomic E-state index is 11.6. The Hall–Kier alpha value is -1.81. The summed E-state index contributed by atoms with van der Waals surface area (Å²) in [4.78, 5) is 14.0. The number of benzene rings is 1. The van der Waals surface area contributed by atoms with E-state index in [0.29, 0.717) is 12.2 Å². The van der Waals surface area contributed by atoms with Gasteiger partial charge in [0.1, 0.15) is 0 Å². The average molecular weight is 259 g/mol. The Morgan fingerprint density at radius 1 is 1.37 bits per heavy atom. The molecule has 1 heterocycles. The molecule has 0 spiro atoms. The van der Waals surface area contributed by atoms with E-state index in [0.717, 1.165) is 25.2 Å². The van der Waals surface area contributed by atoms with Gasteiger partial charge >= 0.3 is 0 Å². The van der Waals surface area contributed by atoms with Crippen molar-refractivity contribution in [2.45, 2.75) is 12.8 Å². The first kappa shape index (κ1) is 13.6. The van der Waals surface area contributed by atoms with Crippen LogP contribution in [0.4, 0.5) is 5.69 Å². The van der Waals surface area contributed by atoms with Crippen molar-refractivity contribution in [2.75, 3.05) is 31.9 Å². The molecule has 0 radical (unpaired) electrons. The maximum Gasteiger partial charge on any atom is 0.244 e. The summed E-state index contributed by atoms with van der Waals surface area (Å²) in [5.41, 5.74) is 7.32. The van der Waals surface area contributed by atoms with Crippen molar-refractivity contribution in [3.8, 4) is 0 Å². The summed E-state index contributed by atoms with van der Waals surface area (Å²) in [5.74, 6) is -0.0541. The van der Waals surface area contributed by atoms with E-state index in [1.165, 1.54) is 12.8 Å². The fraction of sp³-hybridized carbons (Fsp3) is 0.400. The molecule has 1 aliphatic heterocycles. The molecule has 1 saturated heterocycles. The molecule has 3 N–H and O–H groups in total. The normalized spacial score (nSPS) is 16.0. The molecular formula is C15H21N3O. The number of anilines is 1. The first-order chi connectivity index (χ1) is 9.24. The summed E-state index contributed by atoms with van der Waals surface area (Å²) in [6, 6.07) is 7.46. The van der Waals surface area contributed by atoms with Gasteiger partial charge in [0.25, 0.3) is 0 Å². The Morgan fingerprint density at radius 2 is 2.16 bits per heavy atom. The van der Waals surface area contributed by atoms with E-state index >= 15 is 0 Å². The van der Waals surface area contributed by atoms with E-state index < -0.39 is 0 Å². The van der Waals surface area contributed by atoms with E-state index in [1.54, 1.807) is 12.2 Å². The van der Waals surface area contributed by atoms with Gasteiger partial charge in [-0.2, -0.15) is 0 Å². The lowest BCUT2D eigenvalue weighted by molar-refractivity contribution is -0.116. The van der Waals surface area contributed by atoms with Crippen LogP contribution in [0.5, 0.6) is 0 Å². The Bertz CT molecular complexity index is 450. The third-order valence-corrected chi connectivity index (χ3v) is 3.26. The zero-order valence-electron chi connectivity index (χ0n) is 11.1. The zero-order valence-corrected chi connectivity index (χ0v) is 11.1. The van der Waals surface area contributed by atoms with Crippen LogP contribution >= 0.6 is 0 Å². The van der Waals surface area contributed by atoms with Crippen LogP contribution in [0.25, 0.3) is 6.08 Å². The lowest BCUT2D eigenvalue weighted by Gasteiger charge is -2.13. The van der Waals surface area contributed by atoms with Gasteiger partial charge in [-0.1, -0.05) is 12.1 Å². The summed E-state index contributed by atoms with van der Waals surface area (Å²) in [5, 5.41) is 2.90. The van der Waals surface area contributed by atoms with Gasteiger partial charge in [-0.3, -0.25) is 4.79 Å². The van der Waals surface area contributed by atoms with Gasteiger partial charge in [-0.15, -0.1) is 0 Å². The highest BCUT2D eigenvalue weighted by Crippen LogP contribution is 2.08. The molecule has 1 aromatic carbocycles. The largest absolute Gasteiger partial charge is 0.399 e. The number of carbonyl (C=O) groups excluding carboxylic acids is 1. The van der Waals surface area contributed by atoms with Crippen molar-refractivity contribution < 1.29 is 4.79 Å². The number of rotatable bonds is 5. The smallest absolute Gasteiger partial charge is 0.244 e. The van der Waals surface area contributed by atoms with Gasteiger partial charge in [0.05, 0.1) is 0 Å². The lowest BCUT2D eigenvalue weighted by Crippen LogP contribution is -2.32. The highest BCUT2D eigenvalue weighted by molar-refractivity contribution is 5.91. The first-order valence-electron chi connectivity index (χ1n) is 6.78. The minimum atomic E-state index is -0.0541. The number of amides is 1. The van der Waals surface area contributed by atoms with Crippen molar-refractivity contribution in [2.24, 2.45) is 0 Å². The van der Waals surface area contributed by atoms with E-state index in [1.807, 2.05) is 24.3 Å². The molecule has 0 bridgehead atoms. The molecule has 4 heteroatoms. The second-order valence-corrected chi connectivity index (χ2v) is 4.84. The molecule has 19 heavy (non-hydrogen) atoms. The molecule has 0 saturated carbocycles. The molecule has 102 valence electrons. The van der Waals surface area contributed by atoms with Crippen LogP contribution in [0.2, 0.25) is 0 Å². The number of nitrogens with two attached hydrogens (primary N) is 1. The SMILES string of the molecule is Nc1cccc(/C=C/C(=O)NCCN2CCCC2)c1. The van der Waals surface area contributed by atoms with E-state index in [2.05, 4.69) is 10.2 Å². The molecule has 0 aliphatic carbocycles. The van der Waals surface area contributed by atoms with Gasteiger partial charge in [0.15, 0.2) is 0 Å². The van der Waals surface area contributed by atoms with E-state index in [9.17, 15) is 4.79 Å². The Balaban J connectivity index is 1.71. The predicted octanol–water partition coefficient (Wildman–Crippen LogP) is 1.49. The minimum Gasteiger partial charge on any atom is -0.399 e. The quantitative estimate of drug-likeness (QED) is 0.622. The topological polar surface area (TPSA) is 58.4 Å². The number of hydrogen-bond donors (Lipinski definition) is 2. The standard InChI is InChI=1S/C15H21N3O/c16-14-5-3-4-13(12-14)6-7-15(19)17-8-11-18-9-1-2-10-18/h3-7,12H,1-2,8-11,16H2,(H,17,19)/b7-6+. The molecule has 1 fully saturated rings. The number of nitrogen functional groups attached to an aromatic ring is 1. The molecular weight excluding hydrogens is 238 g/mol. The van der Waals surface area contributed by atoms with Gasteiger partial charge < -0.3 is 16.0 Å². The first-order valence-corrected chi connectivity index (χ1v) is 6.78. The highest BCUT2D eigenvalue weighted by Gasteiger charge is 2.10. The van der Waals surface area contributed by atoms with E-state index in [-0.39, 0.29) is 5.91 Å². The average Bonchev–Trinajstić information content (AvgIpc) is 2.90. The van der Waals surface area contributed by atoms with Gasteiger partial charge in [0.2, 0.25) is 5.91 Å². The zero-order chi connectivity index (χ0) is 13.5. The summed E-state index contributed by atoms with van der Waals surface area (Å²) < 4.78 is 0. The van der Waals surface area contributed by atoms with Crippen LogP contribution in [-0.4, -0.2) is 37.0 Å². The molecule has 0 aromatic heterocycles. The Labute approximate surface area is 114 Å².